The third-order valence-electron chi connectivity index (χ3n) is 14.3. The van der Waals surface area contributed by atoms with Crippen molar-refractivity contribution in [2.75, 3.05) is 90.8 Å². The molecule has 3 N–H and O–H groups in total. The average molecular weight is 1150 g/mol. The molecule has 0 amide bonds. The molecule has 0 aliphatic carbocycles. The van der Waals surface area contributed by atoms with Crippen LogP contribution in [0.15, 0.2) is 125 Å². The van der Waals surface area contributed by atoms with Gasteiger partial charge in [-0.2, -0.15) is 0 Å². The Morgan fingerprint density at radius 1 is 0.883 bits per heavy atom. The lowest BCUT2D eigenvalue weighted by Crippen LogP contribution is -2.46. The fourth-order valence-electron chi connectivity index (χ4n) is 10.7. The van der Waals surface area contributed by atoms with E-state index in [-0.39, 0.29) is 40.3 Å². The Labute approximate surface area is 458 Å². The number of anilines is 4. The van der Waals surface area contributed by atoms with Gasteiger partial charge in [-0.1, -0.05) is 41.9 Å². The van der Waals surface area contributed by atoms with E-state index in [0.29, 0.717) is 116 Å². The van der Waals surface area contributed by atoms with E-state index in [4.69, 9.17) is 20.6 Å². The highest BCUT2D eigenvalue weighted by Crippen LogP contribution is 2.56. The van der Waals surface area contributed by atoms with Gasteiger partial charge >= 0.3 is 15.3 Å². The van der Waals surface area contributed by atoms with Crippen molar-refractivity contribution in [1.29, 1.82) is 0 Å². The van der Waals surface area contributed by atoms with Crippen LogP contribution < -0.4 is 25.1 Å². The summed E-state index contributed by atoms with van der Waals surface area (Å²) in [5, 5.41) is 16.9. The van der Waals surface area contributed by atoms with Crippen LogP contribution >= 0.6 is 38.7 Å². The fraction of sp³-hybridized carbons (Fsp3) is 0.370. The summed E-state index contributed by atoms with van der Waals surface area (Å²) < 4.78 is 83.9. The molecule has 410 valence electrons. The Morgan fingerprint density at radius 3 is 2.16 bits per heavy atom. The van der Waals surface area contributed by atoms with E-state index >= 15 is 4.39 Å². The van der Waals surface area contributed by atoms with Crippen LogP contribution in [-0.4, -0.2) is 116 Å². The first-order valence-electron chi connectivity index (χ1n) is 25.5. The van der Waals surface area contributed by atoms with Crippen molar-refractivity contribution >= 4 is 82.3 Å². The molecule has 23 heteroatoms. The smallest absolute Gasteiger partial charge is 0.376 e. The molecule has 1 aromatic heterocycles. The summed E-state index contributed by atoms with van der Waals surface area (Å²) in [7, 11) is -12.2. The molecule has 0 saturated carbocycles. The summed E-state index contributed by atoms with van der Waals surface area (Å²) in [4.78, 5) is 38.5. The molecule has 0 bridgehead atoms. The molecule has 0 spiro atoms. The van der Waals surface area contributed by atoms with Gasteiger partial charge in [0, 0.05) is 114 Å². The van der Waals surface area contributed by atoms with E-state index in [2.05, 4.69) is 20.0 Å². The lowest BCUT2D eigenvalue weighted by atomic mass is 9.99. The van der Waals surface area contributed by atoms with Crippen LogP contribution in [0.3, 0.4) is 0 Å². The van der Waals surface area contributed by atoms with Gasteiger partial charge in [0.2, 0.25) is 0 Å². The number of nitrogens with one attached hydrogen (secondary N) is 1. The monoisotopic (exact) mass is 1150 g/mol. The van der Waals surface area contributed by atoms with Gasteiger partial charge < -0.3 is 38.9 Å². The number of piperidine rings is 1. The number of nitro benzene ring substituents is 1. The number of nitrogens with zero attached hydrogens (tertiary/aromatic N) is 6. The van der Waals surface area contributed by atoms with Crippen molar-refractivity contribution < 1.29 is 45.7 Å². The Balaban J connectivity index is 0.888. The lowest BCUT2D eigenvalue weighted by molar-refractivity contribution is -0.383. The lowest BCUT2D eigenvalue weighted by Gasteiger charge is -2.37. The van der Waals surface area contributed by atoms with E-state index in [1.54, 1.807) is 47.6 Å². The molecule has 0 unspecified atom stereocenters. The predicted octanol–water partition coefficient (Wildman–Crippen LogP) is 11.0. The van der Waals surface area contributed by atoms with Gasteiger partial charge in [0.15, 0.2) is 9.84 Å². The van der Waals surface area contributed by atoms with Gasteiger partial charge in [-0.25, -0.2) is 17.4 Å². The normalized spacial score (nSPS) is 18.3. The Hall–Kier alpha value is -5.24. The highest BCUT2D eigenvalue weighted by molar-refractivity contribution is 7.99. The minimum absolute atomic E-state index is 0.109. The minimum atomic E-state index is -4.58. The van der Waals surface area contributed by atoms with Gasteiger partial charge in [0.25, 0.3) is 5.69 Å². The van der Waals surface area contributed by atoms with Crippen LogP contribution in [0.2, 0.25) is 5.02 Å². The van der Waals surface area contributed by atoms with E-state index in [9.17, 15) is 37.4 Å². The maximum Gasteiger partial charge on any atom is 0.469 e. The summed E-state index contributed by atoms with van der Waals surface area (Å²) in [5.41, 5.74) is 5.13. The van der Waals surface area contributed by atoms with Crippen LogP contribution in [0, 0.1) is 22.9 Å². The third kappa shape index (κ3) is 13.1. The molecule has 3 aliphatic rings. The average Bonchev–Trinajstić information content (AvgIpc) is 4.15. The third-order valence-corrected chi connectivity index (χ3v) is 20.1. The molecule has 6 aromatic rings. The second-order valence-corrected chi connectivity index (χ2v) is 26.9. The molecule has 2 atom stereocenters. The van der Waals surface area contributed by atoms with Crippen molar-refractivity contribution in [3.63, 3.8) is 0 Å². The van der Waals surface area contributed by atoms with Crippen LogP contribution in [0.25, 0.3) is 22.4 Å². The predicted molar refractivity (Wildman–Crippen MR) is 305 cm³/mol. The molecule has 3 fully saturated rings. The molecule has 77 heavy (non-hydrogen) atoms. The van der Waals surface area contributed by atoms with E-state index in [0.717, 1.165) is 16.1 Å². The molecule has 0 radical (unpaired) electrons. The first-order chi connectivity index (χ1) is 36.6. The topological polar surface area (TPSA) is 200 Å². The highest BCUT2D eigenvalue weighted by Gasteiger charge is 2.41. The molecule has 9 rings (SSSR count). The van der Waals surface area contributed by atoms with Crippen molar-refractivity contribution in [3.8, 4) is 22.4 Å². The zero-order valence-electron chi connectivity index (χ0n) is 43.2. The number of nitro groups is 1. The standard InChI is InChI=1S/C54H63ClFN7O10P2S2/c1-37(2)62-38(3)54(77(4,70)71)52(53(62)39-10-12-41(55)13-11-39)40-32-42(56)34-46(33-40)60-28-26-59(27-29-60)44-14-16-45(17-15-44)61-30-31-72-74(61,66)48-18-19-50(51(35-48)63(64)65)57-43(36-76-49-8-6-5-7-9-49)20-23-58-24-21-47(22-25-58)73-75(67,68)69/h5-19,32-35,37,43,47,57H,20-31,36H2,1-4H3,(H2,67,68,69)/t43-,74+/m1/s1. The number of hydrogen-bond acceptors (Lipinski definition) is 13. The van der Waals surface area contributed by atoms with E-state index < -0.39 is 42.0 Å². The van der Waals surface area contributed by atoms with Gasteiger partial charge in [-0.3, -0.25) is 23.9 Å². The molecule has 4 heterocycles. The maximum absolute atomic E-state index is 15.8. The number of aromatic nitrogens is 1. The number of likely N-dealkylation sites (tertiary alicyclic amines) is 1. The van der Waals surface area contributed by atoms with Crippen LogP contribution in [-0.2, 0) is 28.0 Å². The Morgan fingerprint density at radius 2 is 1.53 bits per heavy atom. The molecule has 3 saturated heterocycles. The quantitative estimate of drug-likeness (QED) is 0.0299. The van der Waals surface area contributed by atoms with Crippen molar-refractivity contribution in [1.82, 2.24) is 9.47 Å². The number of halogens is 2. The van der Waals surface area contributed by atoms with Crippen LogP contribution in [0.1, 0.15) is 44.8 Å². The van der Waals surface area contributed by atoms with Crippen LogP contribution in [0.4, 0.5) is 32.8 Å². The first kappa shape index (κ1) is 56.5. The minimum Gasteiger partial charge on any atom is -0.376 e. The first-order valence-corrected chi connectivity index (χ1v) is 31.9. The molecule has 3 aliphatic heterocycles. The number of phosphoric acid groups is 1. The highest BCUT2D eigenvalue weighted by atomic mass is 35.5. The largest absolute Gasteiger partial charge is 0.469 e. The second kappa shape index (κ2) is 23.6. The zero-order valence-corrected chi connectivity index (χ0v) is 47.4. The van der Waals surface area contributed by atoms with Crippen LogP contribution in [0.5, 0.6) is 0 Å². The van der Waals surface area contributed by atoms with Gasteiger partial charge in [-0.15, -0.1) is 11.8 Å². The molecule has 17 nitrogen and oxygen atoms in total. The molecular weight excluding hydrogens is 1090 g/mol. The number of thioether (sulfide) groups is 1. The summed E-state index contributed by atoms with van der Waals surface area (Å²) in [6.45, 7) is 10.3. The van der Waals surface area contributed by atoms with E-state index in [1.165, 1.54) is 24.5 Å². The van der Waals surface area contributed by atoms with Gasteiger partial charge in [0.05, 0.1) is 40.1 Å². The van der Waals surface area contributed by atoms with E-state index in [1.807, 2.05) is 91.2 Å². The van der Waals surface area contributed by atoms with Crippen molar-refractivity contribution in [2.24, 2.45) is 0 Å². The summed E-state index contributed by atoms with van der Waals surface area (Å²) in [6.07, 6.45) is 2.22. The SMILES string of the molecule is Cc1c(S(C)(=O)=O)c(-c2cc(F)cc(N3CCN(c4ccc(N5CCO[P@@]5(=O)c5ccc(N[C@H](CCN6CCC(OP(=O)(O)O)CC6)CSc6ccccc6)c([N+](=O)[O-])c5)cc4)CC3)c2)c(-c2ccc(Cl)cc2)n1C(C)C. The van der Waals surface area contributed by atoms with Gasteiger partial charge in [0.1, 0.15) is 11.5 Å². The summed E-state index contributed by atoms with van der Waals surface area (Å²) in [5.74, 6) is 0.102. The van der Waals surface area contributed by atoms with Crippen molar-refractivity contribution in [2.45, 2.75) is 68.0 Å². The number of phosphoric ester groups is 1. The number of sulfone groups is 1. The Bertz CT molecular complexity index is 3300. The number of hydrogen-bond donors (Lipinski definition) is 3. The van der Waals surface area contributed by atoms with Crippen molar-refractivity contribution in [3.05, 3.63) is 142 Å². The second-order valence-electron chi connectivity index (χ2n) is 19.9. The maximum atomic E-state index is 15.8. The van der Waals surface area contributed by atoms with Gasteiger partial charge in [-0.05, 0) is 130 Å². The number of benzene rings is 5. The Kier molecular flexibility index (Phi) is 17.3. The summed E-state index contributed by atoms with van der Waals surface area (Å²) >= 11 is 7.90. The molecule has 5 aromatic carbocycles. The number of piperazine rings is 1. The zero-order chi connectivity index (χ0) is 54.8. The fourth-order valence-corrected chi connectivity index (χ4v) is 15.9. The number of rotatable bonds is 19. The summed E-state index contributed by atoms with van der Waals surface area (Å²) in [6, 6.07) is 33.7. The molecular formula is C54H63ClFN7O10P2S2.